The first-order chi connectivity index (χ1) is 14.4. The number of rotatable bonds is 7. The molecule has 0 aliphatic rings. The Morgan fingerprint density at radius 2 is 1.93 bits per heavy atom. The van der Waals surface area contributed by atoms with Gasteiger partial charge in [-0.15, -0.1) is 11.3 Å². The van der Waals surface area contributed by atoms with Crippen LogP contribution in [-0.4, -0.2) is 32.7 Å². The van der Waals surface area contributed by atoms with Gasteiger partial charge < -0.3 is 10.1 Å². The first-order valence-corrected chi connectivity index (χ1v) is 10.9. The lowest BCUT2D eigenvalue weighted by Crippen LogP contribution is -2.13. The molecule has 0 saturated carbocycles. The normalized spacial score (nSPS) is 11.0. The molecule has 144 valence electrons. The molecule has 6 nitrogen and oxygen atoms in total. The number of benzene rings is 1. The highest BCUT2D eigenvalue weighted by Gasteiger charge is 2.16. The molecule has 8 heteroatoms. The molecule has 0 unspecified atom stereocenters. The van der Waals surface area contributed by atoms with Gasteiger partial charge in [-0.1, -0.05) is 24.3 Å². The molecule has 0 bridgehead atoms. The maximum Gasteiger partial charge on any atom is 0.174 e. The van der Waals surface area contributed by atoms with Crippen LogP contribution in [0.5, 0.6) is 5.75 Å². The van der Waals surface area contributed by atoms with Crippen molar-refractivity contribution in [2.75, 3.05) is 18.5 Å². The van der Waals surface area contributed by atoms with Crippen LogP contribution < -0.4 is 10.1 Å². The van der Waals surface area contributed by atoms with Gasteiger partial charge in [-0.25, -0.2) is 15.0 Å². The number of thiophene rings is 2. The standard InChI is InChI=1S/C21H17N5OS2/c1-2-5-16(6-3-1)27-10-9-22-20-18-21(25-19(24-20)17-7-4-11-29-17)26(14-23-18)15-8-12-28-13-15/h1-8,11-14H,9-10H2,(H,22,24,25). The fourth-order valence-electron chi connectivity index (χ4n) is 2.98. The zero-order valence-electron chi connectivity index (χ0n) is 15.4. The van der Waals surface area contributed by atoms with E-state index in [0.717, 1.165) is 27.5 Å². The second-order valence-corrected chi connectivity index (χ2v) is 7.96. The topological polar surface area (TPSA) is 64.9 Å². The van der Waals surface area contributed by atoms with Crippen LogP contribution in [-0.2, 0) is 0 Å². The molecular weight excluding hydrogens is 402 g/mol. The highest BCUT2D eigenvalue weighted by molar-refractivity contribution is 7.13. The summed E-state index contributed by atoms with van der Waals surface area (Å²) in [6.07, 6.45) is 1.80. The minimum absolute atomic E-state index is 0.523. The maximum atomic E-state index is 5.78. The van der Waals surface area contributed by atoms with Gasteiger partial charge in [0.15, 0.2) is 22.8 Å². The summed E-state index contributed by atoms with van der Waals surface area (Å²) in [6, 6.07) is 15.9. The van der Waals surface area contributed by atoms with Crippen LogP contribution in [0.15, 0.2) is 71.0 Å². The lowest BCUT2D eigenvalue weighted by molar-refractivity contribution is 0.333. The van der Waals surface area contributed by atoms with Crippen molar-refractivity contribution in [3.8, 4) is 22.1 Å². The van der Waals surface area contributed by atoms with E-state index in [0.29, 0.717) is 24.8 Å². The summed E-state index contributed by atoms with van der Waals surface area (Å²) in [4.78, 5) is 15.1. The van der Waals surface area contributed by atoms with Crippen molar-refractivity contribution in [1.82, 2.24) is 19.5 Å². The predicted molar refractivity (Wildman–Crippen MR) is 118 cm³/mol. The Kier molecular flexibility index (Phi) is 4.93. The van der Waals surface area contributed by atoms with Crippen molar-refractivity contribution < 1.29 is 4.74 Å². The van der Waals surface area contributed by atoms with E-state index in [9.17, 15) is 0 Å². The van der Waals surface area contributed by atoms with Crippen LogP contribution in [0.4, 0.5) is 5.82 Å². The van der Waals surface area contributed by atoms with E-state index in [-0.39, 0.29) is 0 Å². The Labute approximate surface area is 175 Å². The van der Waals surface area contributed by atoms with Gasteiger partial charge in [-0.2, -0.15) is 11.3 Å². The zero-order valence-corrected chi connectivity index (χ0v) is 17.0. The third-order valence-corrected chi connectivity index (χ3v) is 5.87. The first-order valence-electron chi connectivity index (χ1n) is 9.12. The van der Waals surface area contributed by atoms with Crippen LogP contribution in [0.1, 0.15) is 0 Å². The van der Waals surface area contributed by atoms with E-state index in [4.69, 9.17) is 14.7 Å². The third kappa shape index (κ3) is 3.72. The van der Waals surface area contributed by atoms with E-state index in [1.807, 2.05) is 57.8 Å². The van der Waals surface area contributed by atoms with Crippen molar-refractivity contribution in [2.45, 2.75) is 0 Å². The minimum Gasteiger partial charge on any atom is -0.492 e. The zero-order chi connectivity index (χ0) is 19.5. The molecule has 5 rings (SSSR count). The van der Waals surface area contributed by atoms with Crippen LogP contribution in [0.25, 0.3) is 27.6 Å². The van der Waals surface area contributed by atoms with Gasteiger partial charge in [0.05, 0.1) is 17.1 Å². The van der Waals surface area contributed by atoms with E-state index in [2.05, 4.69) is 21.7 Å². The third-order valence-electron chi connectivity index (χ3n) is 4.33. The largest absolute Gasteiger partial charge is 0.492 e. The molecule has 0 atom stereocenters. The summed E-state index contributed by atoms with van der Waals surface area (Å²) in [7, 11) is 0. The fourth-order valence-corrected chi connectivity index (χ4v) is 4.26. The van der Waals surface area contributed by atoms with Crippen molar-refractivity contribution >= 4 is 39.7 Å². The molecule has 29 heavy (non-hydrogen) atoms. The fraction of sp³-hybridized carbons (Fsp3) is 0.0952. The van der Waals surface area contributed by atoms with Gasteiger partial charge in [0.25, 0.3) is 0 Å². The number of anilines is 1. The molecule has 4 aromatic heterocycles. The Morgan fingerprint density at radius 1 is 1.00 bits per heavy atom. The Balaban J connectivity index is 1.45. The molecule has 0 fully saturated rings. The smallest absolute Gasteiger partial charge is 0.174 e. The van der Waals surface area contributed by atoms with E-state index in [1.54, 1.807) is 29.0 Å². The molecule has 0 amide bonds. The molecule has 0 aliphatic carbocycles. The average Bonchev–Trinajstić information content (AvgIpc) is 3.52. The minimum atomic E-state index is 0.523. The first kappa shape index (κ1) is 17.8. The lowest BCUT2D eigenvalue weighted by Gasteiger charge is -2.10. The van der Waals surface area contributed by atoms with Crippen molar-refractivity contribution in [3.63, 3.8) is 0 Å². The Bertz CT molecular complexity index is 1200. The van der Waals surface area contributed by atoms with Gasteiger partial charge in [0.2, 0.25) is 0 Å². The number of aromatic nitrogens is 4. The van der Waals surface area contributed by atoms with Gasteiger partial charge in [0, 0.05) is 5.38 Å². The van der Waals surface area contributed by atoms with Crippen LogP contribution in [0.3, 0.4) is 0 Å². The molecule has 0 aliphatic heterocycles. The summed E-state index contributed by atoms with van der Waals surface area (Å²) in [6.45, 7) is 1.13. The van der Waals surface area contributed by atoms with Crippen molar-refractivity contribution in [3.05, 3.63) is 71.0 Å². The molecular formula is C21H17N5OS2. The van der Waals surface area contributed by atoms with Crippen molar-refractivity contribution in [2.24, 2.45) is 0 Å². The van der Waals surface area contributed by atoms with Crippen LogP contribution in [0, 0.1) is 0 Å². The van der Waals surface area contributed by atoms with Gasteiger partial charge >= 0.3 is 0 Å². The Morgan fingerprint density at radius 3 is 2.72 bits per heavy atom. The van der Waals surface area contributed by atoms with Gasteiger partial charge in [-0.3, -0.25) is 4.57 Å². The number of imidazole rings is 1. The van der Waals surface area contributed by atoms with Crippen LogP contribution in [0.2, 0.25) is 0 Å². The number of nitrogens with zero attached hydrogens (tertiary/aromatic N) is 4. The monoisotopic (exact) mass is 419 g/mol. The highest BCUT2D eigenvalue weighted by Crippen LogP contribution is 2.28. The molecule has 5 aromatic rings. The number of ether oxygens (including phenoxy) is 1. The summed E-state index contributed by atoms with van der Waals surface area (Å²) in [5.74, 6) is 2.25. The second-order valence-electron chi connectivity index (χ2n) is 6.23. The van der Waals surface area contributed by atoms with E-state index >= 15 is 0 Å². The molecule has 0 saturated heterocycles. The highest BCUT2D eigenvalue weighted by atomic mass is 32.1. The summed E-state index contributed by atoms with van der Waals surface area (Å²) in [5, 5.41) is 9.52. The van der Waals surface area contributed by atoms with E-state index < -0.39 is 0 Å². The van der Waals surface area contributed by atoms with Crippen molar-refractivity contribution in [1.29, 1.82) is 0 Å². The van der Waals surface area contributed by atoms with E-state index in [1.165, 1.54) is 0 Å². The summed E-state index contributed by atoms with van der Waals surface area (Å²) < 4.78 is 7.77. The number of fused-ring (bicyclic) bond motifs is 1. The number of nitrogens with one attached hydrogen (secondary N) is 1. The maximum absolute atomic E-state index is 5.78. The number of hydrogen-bond acceptors (Lipinski definition) is 7. The number of para-hydroxylation sites is 1. The quantitative estimate of drug-likeness (QED) is 0.372. The SMILES string of the molecule is c1ccc(OCCNc2nc(-c3cccs3)nc3c2ncn3-c2ccsc2)cc1. The average molecular weight is 420 g/mol. The molecule has 0 spiro atoms. The Hall–Kier alpha value is -3.23. The molecule has 1 aromatic carbocycles. The van der Waals surface area contributed by atoms with Gasteiger partial charge in [-0.05, 0) is 35.0 Å². The second kappa shape index (κ2) is 8.02. The lowest BCUT2D eigenvalue weighted by atomic mass is 10.3. The predicted octanol–water partition coefficient (Wildman–Crippen LogP) is 5.10. The summed E-state index contributed by atoms with van der Waals surface area (Å²) >= 11 is 3.26. The molecule has 1 N–H and O–H groups in total. The van der Waals surface area contributed by atoms with Crippen LogP contribution >= 0.6 is 22.7 Å². The molecule has 0 radical (unpaired) electrons. The summed E-state index contributed by atoms with van der Waals surface area (Å²) in [5.41, 5.74) is 2.58. The number of hydrogen-bond donors (Lipinski definition) is 1. The molecule has 4 heterocycles. The van der Waals surface area contributed by atoms with Gasteiger partial charge in [0.1, 0.15) is 18.7 Å².